The number of nitrogens with two attached hydrogens (primary N) is 1. The second-order valence-corrected chi connectivity index (χ2v) is 5.05. The van der Waals surface area contributed by atoms with Crippen molar-refractivity contribution in [3.63, 3.8) is 0 Å². The van der Waals surface area contributed by atoms with Gasteiger partial charge in [0.25, 0.3) is 0 Å². The van der Waals surface area contributed by atoms with Gasteiger partial charge in [0, 0.05) is 23.9 Å². The SMILES string of the molecule is Cc1cc(OCCN)nc(-c2ccc3cc(O)ccc3c2)n1.Cl. The molecule has 0 fully saturated rings. The number of halogens is 1. The lowest BCUT2D eigenvalue weighted by atomic mass is 10.1. The highest BCUT2D eigenvalue weighted by atomic mass is 35.5. The number of phenolic OH excluding ortho intramolecular Hbond substituents is 1. The lowest BCUT2D eigenvalue weighted by Gasteiger charge is -2.08. The maximum atomic E-state index is 9.52. The molecule has 0 spiro atoms. The molecule has 0 amide bonds. The van der Waals surface area contributed by atoms with E-state index < -0.39 is 0 Å². The van der Waals surface area contributed by atoms with E-state index in [1.165, 1.54) is 0 Å². The van der Waals surface area contributed by atoms with E-state index in [2.05, 4.69) is 9.97 Å². The van der Waals surface area contributed by atoms with Crippen molar-refractivity contribution in [1.82, 2.24) is 9.97 Å². The van der Waals surface area contributed by atoms with E-state index in [1.54, 1.807) is 18.2 Å². The highest BCUT2D eigenvalue weighted by molar-refractivity contribution is 5.87. The third kappa shape index (κ3) is 3.88. The molecule has 5 nitrogen and oxygen atoms in total. The van der Waals surface area contributed by atoms with Gasteiger partial charge < -0.3 is 15.6 Å². The number of nitrogens with zero attached hydrogens (tertiary/aromatic N) is 2. The Morgan fingerprint density at radius 2 is 1.78 bits per heavy atom. The van der Waals surface area contributed by atoms with Gasteiger partial charge in [-0.2, -0.15) is 4.98 Å². The van der Waals surface area contributed by atoms with Crippen molar-refractivity contribution in [3.8, 4) is 23.0 Å². The number of benzene rings is 2. The van der Waals surface area contributed by atoms with Crippen molar-refractivity contribution >= 4 is 23.2 Å². The second-order valence-electron chi connectivity index (χ2n) is 5.05. The molecule has 0 saturated heterocycles. The Morgan fingerprint density at radius 3 is 2.57 bits per heavy atom. The molecule has 0 radical (unpaired) electrons. The molecule has 0 atom stereocenters. The zero-order chi connectivity index (χ0) is 15.5. The summed E-state index contributed by atoms with van der Waals surface area (Å²) >= 11 is 0. The number of hydrogen-bond acceptors (Lipinski definition) is 5. The van der Waals surface area contributed by atoms with Crippen molar-refractivity contribution in [1.29, 1.82) is 0 Å². The Balaban J connectivity index is 0.00000192. The van der Waals surface area contributed by atoms with Crippen molar-refractivity contribution in [2.75, 3.05) is 13.2 Å². The van der Waals surface area contributed by atoms with E-state index in [0.717, 1.165) is 22.0 Å². The summed E-state index contributed by atoms with van der Waals surface area (Å²) in [5.41, 5.74) is 7.19. The lowest BCUT2D eigenvalue weighted by molar-refractivity contribution is 0.315. The summed E-state index contributed by atoms with van der Waals surface area (Å²) in [6.45, 7) is 2.77. The van der Waals surface area contributed by atoms with Crippen molar-refractivity contribution in [3.05, 3.63) is 48.2 Å². The van der Waals surface area contributed by atoms with E-state index in [4.69, 9.17) is 10.5 Å². The van der Waals surface area contributed by atoms with Gasteiger partial charge in [0.1, 0.15) is 12.4 Å². The molecule has 2 aromatic carbocycles. The number of fused-ring (bicyclic) bond motifs is 1. The van der Waals surface area contributed by atoms with Crippen LogP contribution in [0.2, 0.25) is 0 Å². The monoisotopic (exact) mass is 331 g/mol. The van der Waals surface area contributed by atoms with Crippen LogP contribution in [0.1, 0.15) is 5.69 Å². The molecular weight excluding hydrogens is 314 g/mol. The number of rotatable bonds is 4. The normalized spacial score (nSPS) is 10.3. The molecule has 23 heavy (non-hydrogen) atoms. The van der Waals surface area contributed by atoms with Gasteiger partial charge >= 0.3 is 0 Å². The van der Waals surface area contributed by atoms with Gasteiger partial charge in [0.15, 0.2) is 5.82 Å². The predicted molar refractivity (Wildman–Crippen MR) is 93.2 cm³/mol. The fraction of sp³-hybridized carbons (Fsp3) is 0.176. The number of aromatic hydroxyl groups is 1. The summed E-state index contributed by atoms with van der Waals surface area (Å²) < 4.78 is 5.49. The zero-order valence-electron chi connectivity index (χ0n) is 12.7. The van der Waals surface area contributed by atoms with Gasteiger partial charge in [0.2, 0.25) is 5.88 Å². The molecular formula is C17H18ClN3O2. The van der Waals surface area contributed by atoms with Crippen LogP contribution in [0.3, 0.4) is 0 Å². The molecule has 0 aliphatic rings. The van der Waals surface area contributed by atoms with Gasteiger partial charge in [-0.25, -0.2) is 4.98 Å². The Hall–Kier alpha value is -2.37. The Bertz CT molecular complexity index is 824. The number of phenols is 1. The smallest absolute Gasteiger partial charge is 0.217 e. The maximum Gasteiger partial charge on any atom is 0.217 e. The lowest BCUT2D eigenvalue weighted by Crippen LogP contribution is -2.11. The predicted octanol–water partition coefficient (Wildman–Crippen LogP) is 3.07. The van der Waals surface area contributed by atoms with Gasteiger partial charge in [-0.05, 0) is 35.9 Å². The molecule has 0 unspecified atom stereocenters. The minimum atomic E-state index is 0. The maximum absolute atomic E-state index is 9.52. The third-order valence-electron chi connectivity index (χ3n) is 3.28. The van der Waals surface area contributed by atoms with Gasteiger partial charge in [-0.1, -0.05) is 18.2 Å². The van der Waals surface area contributed by atoms with Gasteiger partial charge in [-0.15, -0.1) is 12.4 Å². The Labute approximate surface area is 140 Å². The first-order valence-electron chi connectivity index (χ1n) is 7.07. The minimum absolute atomic E-state index is 0. The van der Waals surface area contributed by atoms with Crippen LogP contribution in [-0.4, -0.2) is 28.2 Å². The number of aryl methyl sites for hydroxylation is 1. The zero-order valence-corrected chi connectivity index (χ0v) is 13.5. The van der Waals surface area contributed by atoms with Crippen molar-refractivity contribution < 1.29 is 9.84 Å². The van der Waals surface area contributed by atoms with Crippen LogP contribution >= 0.6 is 12.4 Å². The molecule has 1 heterocycles. The standard InChI is InChI=1S/C17H17N3O2.ClH/c1-11-8-16(22-7-6-18)20-17(19-11)14-3-2-13-10-15(21)5-4-12(13)9-14;/h2-5,8-10,21H,6-7,18H2,1H3;1H. The van der Waals surface area contributed by atoms with Crippen LogP contribution in [-0.2, 0) is 0 Å². The van der Waals surface area contributed by atoms with Crippen LogP contribution in [0.15, 0.2) is 42.5 Å². The molecule has 0 saturated carbocycles. The van der Waals surface area contributed by atoms with Gasteiger partial charge in [0.05, 0.1) is 0 Å². The topological polar surface area (TPSA) is 81.3 Å². The fourth-order valence-corrected chi connectivity index (χ4v) is 2.28. The summed E-state index contributed by atoms with van der Waals surface area (Å²) in [6.07, 6.45) is 0. The first-order valence-corrected chi connectivity index (χ1v) is 7.07. The van der Waals surface area contributed by atoms with Crippen LogP contribution in [0.4, 0.5) is 0 Å². The first-order chi connectivity index (χ1) is 10.7. The van der Waals surface area contributed by atoms with Gasteiger partial charge in [-0.3, -0.25) is 0 Å². The second kappa shape index (κ2) is 7.26. The number of ether oxygens (including phenoxy) is 1. The first kappa shape index (κ1) is 17.0. The summed E-state index contributed by atoms with van der Waals surface area (Å²) in [5, 5.41) is 11.5. The molecule has 0 aliphatic heterocycles. The van der Waals surface area contributed by atoms with E-state index in [9.17, 15) is 5.11 Å². The minimum Gasteiger partial charge on any atom is -0.508 e. The van der Waals surface area contributed by atoms with Crippen molar-refractivity contribution in [2.24, 2.45) is 5.73 Å². The summed E-state index contributed by atoms with van der Waals surface area (Å²) in [7, 11) is 0. The molecule has 3 rings (SSSR count). The van der Waals surface area contributed by atoms with E-state index in [0.29, 0.717) is 24.9 Å². The third-order valence-corrected chi connectivity index (χ3v) is 3.28. The van der Waals surface area contributed by atoms with E-state index >= 15 is 0 Å². The van der Waals surface area contributed by atoms with Crippen molar-refractivity contribution in [2.45, 2.75) is 6.92 Å². The van der Waals surface area contributed by atoms with Crippen LogP contribution in [0.25, 0.3) is 22.2 Å². The highest BCUT2D eigenvalue weighted by Crippen LogP contribution is 2.26. The molecule has 6 heteroatoms. The molecule has 120 valence electrons. The average molecular weight is 332 g/mol. The highest BCUT2D eigenvalue weighted by Gasteiger charge is 2.07. The van der Waals surface area contributed by atoms with E-state index in [-0.39, 0.29) is 18.2 Å². The number of aromatic nitrogens is 2. The molecule has 3 aromatic rings. The van der Waals surface area contributed by atoms with Crippen LogP contribution in [0.5, 0.6) is 11.6 Å². The molecule has 3 N–H and O–H groups in total. The summed E-state index contributed by atoms with van der Waals surface area (Å²) in [6, 6.07) is 12.9. The Kier molecular flexibility index (Phi) is 5.36. The molecule has 0 bridgehead atoms. The van der Waals surface area contributed by atoms with Crippen LogP contribution in [0, 0.1) is 6.92 Å². The summed E-state index contributed by atoms with van der Waals surface area (Å²) in [4.78, 5) is 8.89. The molecule has 1 aromatic heterocycles. The van der Waals surface area contributed by atoms with Crippen LogP contribution < -0.4 is 10.5 Å². The fourth-order valence-electron chi connectivity index (χ4n) is 2.28. The van der Waals surface area contributed by atoms with E-state index in [1.807, 2.05) is 31.2 Å². The average Bonchev–Trinajstić information content (AvgIpc) is 2.52. The largest absolute Gasteiger partial charge is 0.508 e. The Morgan fingerprint density at radius 1 is 1.04 bits per heavy atom. The quantitative estimate of drug-likeness (QED) is 0.768. The summed E-state index contributed by atoms with van der Waals surface area (Å²) in [5.74, 6) is 1.39. The molecule has 0 aliphatic carbocycles. The number of hydrogen-bond donors (Lipinski definition) is 2.